The molecule has 1 atom stereocenters. The van der Waals surface area contributed by atoms with Crippen molar-refractivity contribution in [2.24, 2.45) is 0 Å². The van der Waals surface area contributed by atoms with Gasteiger partial charge in [0.1, 0.15) is 11.6 Å². The molecule has 0 saturated carbocycles. The predicted octanol–water partition coefficient (Wildman–Crippen LogP) is 4.34. The second-order valence-corrected chi connectivity index (χ2v) is 7.37. The van der Waals surface area contributed by atoms with Crippen LogP contribution in [0.15, 0.2) is 42.2 Å². The van der Waals surface area contributed by atoms with Crippen LogP contribution in [0.2, 0.25) is 0 Å². The molecule has 1 unspecified atom stereocenters. The van der Waals surface area contributed by atoms with Crippen molar-refractivity contribution in [2.75, 3.05) is 0 Å². The highest BCUT2D eigenvalue weighted by molar-refractivity contribution is 5.87. The van der Waals surface area contributed by atoms with Crippen LogP contribution in [0.25, 0.3) is 6.20 Å². The molecule has 0 fully saturated rings. The molecule has 0 aliphatic carbocycles. The SMILES string of the molecule is CC(=O)C(C1=Cn2ccnc2CC1)c1ccc(C(C)(C)C)cc1. The van der Waals surface area contributed by atoms with Gasteiger partial charge in [-0.15, -0.1) is 0 Å². The van der Waals surface area contributed by atoms with E-state index in [4.69, 9.17) is 0 Å². The minimum atomic E-state index is -0.153. The van der Waals surface area contributed by atoms with Crippen molar-refractivity contribution in [3.63, 3.8) is 0 Å². The highest BCUT2D eigenvalue weighted by Crippen LogP contribution is 2.33. The Kier molecular flexibility index (Phi) is 3.97. The predicted molar refractivity (Wildman–Crippen MR) is 93.4 cm³/mol. The number of carbonyl (C=O) groups is 1. The highest BCUT2D eigenvalue weighted by Gasteiger charge is 2.25. The Morgan fingerprint density at radius 3 is 2.48 bits per heavy atom. The third-order valence-corrected chi connectivity index (χ3v) is 4.58. The number of aryl methyl sites for hydroxylation is 1. The smallest absolute Gasteiger partial charge is 0.141 e. The van der Waals surface area contributed by atoms with Gasteiger partial charge in [0.15, 0.2) is 0 Å². The number of hydrogen-bond donors (Lipinski definition) is 0. The number of benzene rings is 1. The largest absolute Gasteiger partial charge is 0.311 e. The Morgan fingerprint density at radius 2 is 1.87 bits per heavy atom. The average molecular weight is 308 g/mol. The summed E-state index contributed by atoms with van der Waals surface area (Å²) in [7, 11) is 0. The summed E-state index contributed by atoms with van der Waals surface area (Å²) in [6.07, 6.45) is 7.63. The van der Waals surface area contributed by atoms with Gasteiger partial charge >= 0.3 is 0 Å². The van der Waals surface area contributed by atoms with E-state index in [0.717, 1.165) is 24.2 Å². The number of aromatic nitrogens is 2. The summed E-state index contributed by atoms with van der Waals surface area (Å²) < 4.78 is 2.04. The van der Waals surface area contributed by atoms with Crippen LogP contribution in [-0.2, 0) is 16.6 Å². The van der Waals surface area contributed by atoms with Gasteiger partial charge in [-0.1, -0.05) is 45.0 Å². The molecule has 0 amide bonds. The van der Waals surface area contributed by atoms with Gasteiger partial charge in [0.25, 0.3) is 0 Å². The number of ketones is 1. The molecule has 2 aromatic rings. The lowest BCUT2D eigenvalue weighted by atomic mass is 9.82. The van der Waals surface area contributed by atoms with E-state index in [2.05, 4.69) is 56.2 Å². The zero-order chi connectivity index (χ0) is 16.6. The van der Waals surface area contributed by atoms with Crippen LogP contribution in [0.1, 0.15) is 57.0 Å². The maximum Gasteiger partial charge on any atom is 0.141 e. The van der Waals surface area contributed by atoms with E-state index < -0.39 is 0 Å². The summed E-state index contributed by atoms with van der Waals surface area (Å²) in [5.41, 5.74) is 3.67. The van der Waals surface area contributed by atoms with Crippen LogP contribution in [0.4, 0.5) is 0 Å². The number of allylic oxidation sites excluding steroid dienone is 1. The topological polar surface area (TPSA) is 34.9 Å². The van der Waals surface area contributed by atoms with Crippen molar-refractivity contribution >= 4 is 12.0 Å². The van der Waals surface area contributed by atoms with E-state index in [1.54, 1.807) is 6.92 Å². The fraction of sp³-hybridized carbons (Fsp3) is 0.400. The van der Waals surface area contributed by atoms with E-state index in [9.17, 15) is 4.79 Å². The Balaban J connectivity index is 1.96. The zero-order valence-corrected chi connectivity index (χ0v) is 14.3. The number of fused-ring (bicyclic) bond motifs is 1. The van der Waals surface area contributed by atoms with Crippen LogP contribution >= 0.6 is 0 Å². The fourth-order valence-electron chi connectivity index (χ4n) is 3.26. The number of nitrogens with zero attached hydrogens (tertiary/aromatic N) is 2. The number of rotatable bonds is 3. The fourth-order valence-corrected chi connectivity index (χ4v) is 3.26. The third-order valence-electron chi connectivity index (χ3n) is 4.58. The van der Waals surface area contributed by atoms with E-state index in [-0.39, 0.29) is 17.1 Å². The molecule has 2 heterocycles. The first-order chi connectivity index (χ1) is 10.9. The van der Waals surface area contributed by atoms with Crippen LogP contribution in [0, 0.1) is 0 Å². The molecule has 0 bridgehead atoms. The minimum absolute atomic E-state index is 0.125. The summed E-state index contributed by atoms with van der Waals surface area (Å²) >= 11 is 0. The van der Waals surface area contributed by atoms with Crippen molar-refractivity contribution in [2.45, 2.75) is 51.9 Å². The third kappa shape index (κ3) is 3.14. The maximum atomic E-state index is 12.3. The lowest BCUT2D eigenvalue weighted by molar-refractivity contribution is -0.117. The molecule has 0 radical (unpaired) electrons. The summed E-state index contributed by atoms with van der Waals surface area (Å²) in [6, 6.07) is 8.52. The molecule has 0 spiro atoms. The Bertz CT molecular complexity index is 745. The number of carbonyl (C=O) groups excluding carboxylic acids is 1. The Labute approximate surface area is 138 Å². The summed E-state index contributed by atoms with van der Waals surface area (Å²) in [5, 5.41) is 0. The molecule has 1 aromatic heterocycles. The summed E-state index contributed by atoms with van der Waals surface area (Å²) in [6.45, 7) is 8.30. The van der Waals surface area contributed by atoms with Crippen LogP contribution in [0.3, 0.4) is 0 Å². The standard InChI is InChI=1S/C20H24N2O/c1-14(23)19(15-5-8-17(9-6-15)20(2,3)4)16-7-10-18-21-11-12-22(18)13-16/h5-6,8-9,11-13,19H,7,10H2,1-4H3. The number of imidazole rings is 1. The van der Waals surface area contributed by atoms with Gasteiger partial charge in [-0.2, -0.15) is 0 Å². The molecule has 3 nitrogen and oxygen atoms in total. The summed E-state index contributed by atoms with van der Waals surface area (Å²) in [4.78, 5) is 16.7. The van der Waals surface area contributed by atoms with Crippen molar-refractivity contribution in [3.05, 3.63) is 59.2 Å². The van der Waals surface area contributed by atoms with Gasteiger partial charge in [0, 0.05) is 25.0 Å². The van der Waals surface area contributed by atoms with E-state index >= 15 is 0 Å². The molecule has 0 saturated heterocycles. The molecule has 23 heavy (non-hydrogen) atoms. The zero-order valence-electron chi connectivity index (χ0n) is 14.3. The molecular weight excluding hydrogens is 284 g/mol. The highest BCUT2D eigenvalue weighted by atomic mass is 16.1. The quantitative estimate of drug-likeness (QED) is 0.845. The second-order valence-electron chi connectivity index (χ2n) is 7.37. The molecule has 1 aromatic carbocycles. The molecule has 3 rings (SSSR count). The summed E-state index contributed by atoms with van der Waals surface area (Å²) in [5.74, 6) is 1.11. The lowest BCUT2D eigenvalue weighted by Gasteiger charge is -2.24. The van der Waals surface area contributed by atoms with Gasteiger partial charge in [-0.3, -0.25) is 4.79 Å². The Hall–Kier alpha value is -2.16. The van der Waals surface area contributed by atoms with Crippen molar-refractivity contribution in [1.82, 2.24) is 9.55 Å². The van der Waals surface area contributed by atoms with Gasteiger partial charge < -0.3 is 4.57 Å². The molecule has 120 valence electrons. The first kappa shape index (κ1) is 15.7. The number of Topliss-reactive ketones (excluding diaryl/α,β-unsaturated/α-hetero) is 1. The lowest BCUT2D eigenvalue weighted by Crippen LogP contribution is -2.17. The van der Waals surface area contributed by atoms with Crippen molar-refractivity contribution in [1.29, 1.82) is 0 Å². The monoisotopic (exact) mass is 308 g/mol. The molecule has 1 aliphatic heterocycles. The van der Waals surface area contributed by atoms with E-state index in [1.165, 1.54) is 11.1 Å². The molecule has 0 N–H and O–H groups in total. The minimum Gasteiger partial charge on any atom is -0.311 e. The van der Waals surface area contributed by atoms with Gasteiger partial charge in [0.2, 0.25) is 0 Å². The molecule has 1 aliphatic rings. The second kappa shape index (κ2) is 5.80. The van der Waals surface area contributed by atoms with Crippen molar-refractivity contribution < 1.29 is 4.79 Å². The van der Waals surface area contributed by atoms with Gasteiger partial charge in [0.05, 0.1) is 5.92 Å². The first-order valence-corrected chi connectivity index (χ1v) is 8.19. The number of hydrogen-bond acceptors (Lipinski definition) is 2. The molecular formula is C20H24N2O. The maximum absolute atomic E-state index is 12.3. The van der Waals surface area contributed by atoms with Gasteiger partial charge in [-0.25, -0.2) is 4.98 Å². The van der Waals surface area contributed by atoms with E-state index in [1.807, 2.05) is 17.0 Å². The molecule has 3 heteroatoms. The van der Waals surface area contributed by atoms with E-state index in [0.29, 0.717) is 0 Å². The van der Waals surface area contributed by atoms with Crippen LogP contribution < -0.4 is 0 Å². The first-order valence-electron chi connectivity index (χ1n) is 8.19. The van der Waals surface area contributed by atoms with Crippen LogP contribution in [-0.4, -0.2) is 15.3 Å². The van der Waals surface area contributed by atoms with Gasteiger partial charge in [-0.05, 0) is 35.5 Å². The average Bonchev–Trinajstić information content (AvgIpc) is 2.94. The van der Waals surface area contributed by atoms with Crippen LogP contribution in [0.5, 0.6) is 0 Å². The Morgan fingerprint density at radius 1 is 1.17 bits per heavy atom. The normalized spacial score (nSPS) is 15.7. The van der Waals surface area contributed by atoms with Crippen molar-refractivity contribution in [3.8, 4) is 0 Å².